The van der Waals surface area contributed by atoms with Gasteiger partial charge in [-0.15, -0.1) is 0 Å². The molecule has 22 heavy (non-hydrogen) atoms. The van der Waals surface area contributed by atoms with Crippen LogP contribution in [0.4, 0.5) is 5.69 Å². The fourth-order valence-electron chi connectivity index (χ4n) is 3.31. The second kappa shape index (κ2) is 5.92. The van der Waals surface area contributed by atoms with Crippen LogP contribution in [-0.4, -0.2) is 25.2 Å². The summed E-state index contributed by atoms with van der Waals surface area (Å²) in [5, 5.41) is 3.20. The first kappa shape index (κ1) is 15.3. The van der Waals surface area contributed by atoms with Crippen molar-refractivity contribution in [1.82, 2.24) is 0 Å². The first-order chi connectivity index (χ1) is 10.5. The smallest absolute Gasteiger partial charge is 0.193 e. The minimum atomic E-state index is 0.136. The molecule has 120 valence electrons. The minimum absolute atomic E-state index is 0.136. The minimum Gasteiger partial charge on any atom is -0.377 e. The molecule has 1 aromatic rings. The van der Waals surface area contributed by atoms with E-state index >= 15 is 0 Å². The van der Waals surface area contributed by atoms with E-state index in [9.17, 15) is 0 Å². The Morgan fingerprint density at radius 1 is 1.36 bits per heavy atom. The number of benzene rings is 1. The van der Waals surface area contributed by atoms with Crippen molar-refractivity contribution in [1.29, 1.82) is 0 Å². The standard InChI is InChI=1S/C18H27N3O/c1-12-4-7-15(10-13(12)2)21-17(19)20-11-18(3)8-9-22-16(18)14-5-6-14/h4,7,10,14,16H,5-6,8-9,11H2,1-3H3,(H3,19,20,21). The number of hydrogen-bond donors (Lipinski definition) is 2. The molecule has 0 aromatic heterocycles. The largest absolute Gasteiger partial charge is 0.377 e. The van der Waals surface area contributed by atoms with Gasteiger partial charge in [0, 0.05) is 17.7 Å². The first-order valence-electron chi connectivity index (χ1n) is 8.24. The molecule has 2 atom stereocenters. The van der Waals surface area contributed by atoms with Crippen LogP contribution in [0.1, 0.15) is 37.3 Å². The van der Waals surface area contributed by atoms with E-state index in [1.807, 2.05) is 6.07 Å². The molecule has 0 radical (unpaired) electrons. The van der Waals surface area contributed by atoms with Gasteiger partial charge in [-0.3, -0.25) is 4.99 Å². The van der Waals surface area contributed by atoms with Gasteiger partial charge in [0.2, 0.25) is 0 Å². The highest BCUT2D eigenvalue weighted by atomic mass is 16.5. The number of nitrogens with two attached hydrogens (primary N) is 1. The molecular formula is C18H27N3O. The summed E-state index contributed by atoms with van der Waals surface area (Å²) in [6, 6.07) is 6.24. The van der Waals surface area contributed by atoms with Gasteiger partial charge < -0.3 is 15.8 Å². The zero-order valence-corrected chi connectivity index (χ0v) is 13.9. The van der Waals surface area contributed by atoms with Gasteiger partial charge >= 0.3 is 0 Å². The van der Waals surface area contributed by atoms with Crippen LogP contribution in [-0.2, 0) is 4.74 Å². The van der Waals surface area contributed by atoms with Crippen molar-refractivity contribution < 1.29 is 4.74 Å². The van der Waals surface area contributed by atoms with Crippen LogP contribution in [0, 0.1) is 25.2 Å². The van der Waals surface area contributed by atoms with Gasteiger partial charge in [0.1, 0.15) is 0 Å². The first-order valence-corrected chi connectivity index (χ1v) is 8.24. The molecule has 1 aliphatic carbocycles. The van der Waals surface area contributed by atoms with Crippen molar-refractivity contribution in [3.63, 3.8) is 0 Å². The van der Waals surface area contributed by atoms with Crippen LogP contribution in [0.3, 0.4) is 0 Å². The Labute approximate surface area is 133 Å². The SMILES string of the molecule is Cc1ccc(NC(N)=NCC2(C)CCOC2C2CC2)cc1C. The number of nitrogens with zero attached hydrogens (tertiary/aromatic N) is 1. The average Bonchev–Trinajstić information content (AvgIpc) is 3.24. The lowest BCUT2D eigenvalue weighted by molar-refractivity contribution is 0.0425. The van der Waals surface area contributed by atoms with Crippen molar-refractivity contribution in [2.45, 2.75) is 46.1 Å². The third-order valence-corrected chi connectivity index (χ3v) is 5.10. The van der Waals surface area contributed by atoms with Gasteiger partial charge in [-0.25, -0.2) is 0 Å². The molecule has 1 heterocycles. The molecule has 1 saturated carbocycles. The quantitative estimate of drug-likeness (QED) is 0.663. The maximum Gasteiger partial charge on any atom is 0.193 e. The highest BCUT2D eigenvalue weighted by Gasteiger charge is 2.47. The van der Waals surface area contributed by atoms with E-state index in [0.29, 0.717) is 12.1 Å². The molecule has 1 aromatic carbocycles. The van der Waals surface area contributed by atoms with E-state index in [1.165, 1.54) is 24.0 Å². The summed E-state index contributed by atoms with van der Waals surface area (Å²) in [6.07, 6.45) is 4.06. The Balaban J connectivity index is 1.63. The molecule has 0 bridgehead atoms. The van der Waals surface area contributed by atoms with Crippen LogP contribution < -0.4 is 11.1 Å². The molecule has 4 nitrogen and oxygen atoms in total. The average molecular weight is 301 g/mol. The zero-order valence-electron chi connectivity index (χ0n) is 13.9. The maximum absolute atomic E-state index is 6.07. The van der Waals surface area contributed by atoms with Gasteiger partial charge in [-0.1, -0.05) is 13.0 Å². The number of guanidine groups is 1. The van der Waals surface area contributed by atoms with E-state index in [0.717, 1.165) is 31.2 Å². The molecule has 2 fully saturated rings. The Morgan fingerprint density at radius 2 is 2.14 bits per heavy atom. The zero-order chi connectivity index (χ0) is 15.7. The number of aryl methyl sites for hydroxylation is 2. The van der Waals surface area contributed by atoms with Crippen LogP contribution in [0.25, 0.3) is 0 Å². The molecule has 2 unspecified atom stereocenters. The third-order valence-electron chi connectivity index (χ3n) is 5.10. The fraction of sp³-hybridized carbons (Fsp3) is 0.611. The lowest BCUT2D eigenvalue weighted by Crippen LogP contribution is -2.34. The topological polar surface area (TPSA) is 59.6 Å². The second-order valence-electron chi connectivity index (χ2n) is 7.16. The molecule has 1 saturated heterocycles. The van der Waals surface area contributed by atoms with E-state index < -0.39 is 0 Å². The number of hydrogen-bond acceptors (Lipinski definition) is 2. The Hall–Kier alpha value is -1.55. The summed E-state index contributed by atoms with van der Waals surface area (Å²) in [4.78, 5) is 4.59. The number of anilines is 1. The molecular weight excluding hydrogens is 274 g/mol. The van der Waals surface area contributed by atoms with Gasteiger partial charge in [0.25, 0.3) is 0 Å². The number of ether oxygens (including phenoxy) is 1. The molecule has 1 aliphatic heterocycles. The highest BCUT2D eigenvalue weighted by Crippen LogP contribution is 2.47. The maximum atomic E-state index is 6.07. The predicted molar refractivity (Wildman–Crippen MR) is 91.2 cm³/mol. The van der Waals surface area contributed by atoms with Crippen LogP contribution in [0.2, 0.25) is 0 Å². The van der Waals surface area contributed by atoms with Crippen molar-refractivity contribution in [2.24, 2.45) is 22.1 Å². The summed E-state index contributed by atoms with van der Waals surface area (Å²) >= 11 is 0. The van der Waals surface area contributed by atoms with Crippen molar-refractivity contribution >= 4 is 11.6 Å². The normalized spacial score (nSPS) is 28.9. The number of nitrogens with one attached hydrogen (secondary N) is 1. The summed E-state index contributed by atoms with van der Waals surface area (Å²) < 4.78 is 5.94. The highest BCUT2D eigenvalue weighted by molar-refractivity contribution is 5.92. The molecule has 4 heteroatoms. The van der Waals surface area contributed by atoms with E-state index in [1.54, 1.807) is 0 Å². The van der Waals surface area contributed by atoms with Crippen LogP contribution >= 0.6 is 0 Å². The molecule has 3 N–H and O–H groups in total. The lowest BCUT2D eigenvalue weighted by atomic mass is 9.81. The van der Waals surface area contributed by atoms with Crippen LogP contribution in [0.15, 0.2) is 23.2 Å². The number of aliphatic imine (C=N–C) groups is 1. The van der Waals surface area contributed by atoms with E-state index in [4.69, 9.17) is 10.5 Å². The summed E-state index contributed by atoms with van der Waals surface area (Å²) in [5.41, 5.74) is 9.73. The van der Waals surface area contributed by atoms with Crippen molar-refractivity contribution in [3.8, 4) is 0 Å². The summed E-state index contributed by atoms with van der Waals surface area (Å²) in [7, 11) is 0. The van der Waals surface area contributed by atoms with Crippen molar-refractivity contribution in [2.75, 3.05) is 18.5 Å². The van der Waals surface area contributed by atoms with Gasteiger partial charge in [0.15, 0.2) is 5.96 Å². The predicted octanol–water partition coefficient (Wildman–Crippen LogP) is 3.24. The Kier molecular flexibility index (Phi) is 4.13. The van der Waals surface area contributed by atoms with Crippen molar-refractivity contribution in [3.05, 3.63) is 29.3 Å². The van der Waals surface area contributed by atoms with E-state index in [2.05, 4.69) is 43.2 Å². The Morgan fingerprint density at radius 3 is 2.82 bits per heavy atom. The molecule has 0 spiro atoms. The Bertz CT molecular complexity index is 580. The van der Waals surface area contributed by atoms with Gasteiger partial charge in [-0.2, -0.15) is 0 Å². The second-order valence-corrected chi connectivity index (χ2v) is 7.16. The van der Waals surface area contributed by atoms with Gasteiger partial charge in [-0.05, 0) is 62.3 Å². The van der Waals surface area contributed by atoms with Crippen LogP contribution in [0.5, 0.6) is 0 Å². The summed E-state index contributed by atoms with van der Waals surface area (Å²) in [6.45, 7) is 8.09. The van der Waals surface area contributed by atoms with Gasteiger partial charge in [0.05, 0.1) is 12.6 Å². The monoisotopic (exact) mass is 301 g/mol. The summed E-state index contributed by atoms with van der Waals surface area (Å²) in [5.74, 6) is 1.24. The molecule has 0 amide bonds. The molecule has 3 rings (SSSR count). The fourth-order valence-corrected chi connectivity index (χ4v) is 3.31. The lowest BCUT2D eigenvalue weighted by Gasteiger charge is -2.28. The van der Waals surface area contributed by atoms with E-state index in [-0.39, 0.29) is 5.41 Å². The number of rotatable bonds is 4. The molecule has 2 aliphatic rings. The third kappa shape index (κ3) is 3.27.